The average molecular weight is 410 g/mol. The first-order valence-electron chi connectivity index (χ1n) is 9.31. The molecule has 0 atom stereocenters. The van der Waals surface area contributed by atoms with Crippen LogP contribution in [0.3, 0.4) is 0 Å². The molecule has 0 saturated carbocycles. The number of halogens is 3. The van der Waals surface area contributed by atoms with Crippen molar-refractivity contribution in [2.75, 3.05) is 0 Å². The van der Waals surface area contributed by atoms with Crippen LogP contribution >= 0.6 is 0 Å². The van der Waals surface area contributed by atoms with Gasteiger partial charge in [-0.05, 0) is 47.5 Å². The van der Waals surface area contributed by atoms with Gasteiger partial charge in [-0.25, -0.2) is 4.79 Å². The number of alkyl halides is 3. The van der Waals surface area contributed by atoms with Crippen LogP contribution in [-0.2, 0) is 17.5 Å². The van der Waals surface area contributed by atoms with Gasteiger partial charge in [0.25, 0.3) is 5.91 Å². The number of carbonyl (C=O) groups excluding carboxylic acids is 2. The van der Waals surface area contributed by atoms with Crippen molar-refractivity contribution >= 4 is 11.9 Å². The van der Waals surface area contributed by atoms with E-state index in [1.54, 1.807) is 0 Å². The molecule has 1 aromatic heterocycles. The summed E-state index contributed by atoms with van der Waals surface area (Å²) in [5, 5.41) is 14.0. The maximum Gasteiger partial charge on any atom is 0.416 e. The van der Waals surface area contributed by atoms with E-state index in [1.807, 2.05) is 13.8 Å². The average Bonchev–Trinajstić information content (AvgIpc) is 3.21. The Morgan fingerprint density at radius 2 is 1.69 bits per heavy atom. The van der Waals surface area contributed by atoms with E-state index in [-0.39, 0.29) is 18.3 Å². The summed E-state index contributed by atoms with van der Waals surface area (Å²) in [5.74, 6) is -0.176. The Morgan fingerprint density at radius 3 is 2.24 bits per heavy atom. The molecular formula is C18H21F3N6O2. The number of carbonyl (C=O) groups is 2. The van der Waals surface area contributed by atoms with Crippen LogP contribution in [0.1, 0.15) is 50.9 Å². The monoisotopic (exact) mass is 410 g/mol. The number of urea groups is 1. The van der Waals surface area contributed by atoms with Gasteiger partial charge >= 0.3 is 12.2 Å². The maximum atomic E-state index is 13.0. The smallest absolute Gasteiger partial charge is 0.323 e. The van der Waals surface area contributed by atoms with Gasteiger partial charge in [-0.15, -0.1) is 5.10 Å². The Kier molecular flexibility index (Phi) is 5.58. The van der Waals surface area contributed by atoms with Crippen LogP contribution in [0, 0.1) is 0 Å². The molecule has 2 heterocycles. The molecule has 0 unspecified atom stereocenters. The quantitative estimate of drug-likeness (QED) is 0.708. The summed E-state index contributed by atoms with van der Waals surface area (Å²) in [6.07, 6.45) is -1.96. The first-order valence-corrected chi connectivity index (χ1v) is 9.31. The summed E-state index contributed by atoms with van der Waals surface area (Å²) in [4.78, 5) is 26.5. The van der Waals surface area contributed by atoms with Crippen LogP contribution < -0.4 is 5.32 Å². The first kappa shape index (κ1) is 20.7. The minimum atomic E-state index is -4.45. The molecule has 0 aliphatic carbocycles. The Balaban J connectivity index is 1.85. The predicted octanol–water partition coefficient (Wildman–Crippen LogP) is 3.07. The number of amides is 3. The number of tetrazole rings is 1. The third-order valence-corrected chi connectivity index (χ3v) is 4.87. The fraction of sp³-hybridized carbons (Fsp3) is 0.500. The molecule has 1 saturated heterocycles. The maximum absolute atomic E-state index is 13.0. The van der Waals surface area contributed by atoms with Gasteiger partial charge in [-0.1, -0.05) is 26.7 Å². The van der Waals surface area contributed by atoms with Crippen LogP contribution in [0.5, 0.6) is 0 Å². The zero-order valence-electron chi connectivity index (χ0n) is 16.0. The number of aromatic nitrogens is 4. The van der Waals surface area contributed by atoms with Gasteiger partial charge in [0, 0.05) is 0 Å². The van der Waals surface area contributed by atoms with Crippen molar-refractivity contribution in [3.05, 3.63) is 35.7 Å². The van der Waals surface area contributed by atoms with Crippen LogP contribution in [-0.4, -0.2) is 42.6 Å². The molecular weight excluding hydrogens is 389 g/mol. The number of nitrogens with zero attached hydrogens (tertiary/aromatic N) is 5. The van der Waals surface area contributed by atoms with E-state index in [4.69, 9.17) is 0 Å². The fourth-order valence-corrected chi connectivity index (χ4v) is 3.58. The standard InChI is InChI=1S/C18H21F3N6O2/c1-3-9-17(10-4-2)15(28)26(16(29)22-17)11-14-23-24-25-27(14)13-7-5-12(6-8-13)18(19,20)21/h5-8H,3-4,9-11H2,1-2H3,(H,22,29). The second kappa shape index (κ2) is 7.80. The summed E-state index contributed by atoms with van der Waals surface area (Å²) in [5.41, 5.74) is -1.44. The van der Waals surface area contributed by atoms with Crippen LogP contribution in [0.15, 0.2) is 24.3 Å². The van der Waals surface area contributed by atoms with Gasteiger partial charge in [0.15, 0.2) is 5.82 Å². The molecule has 1 aliphatic heterocycles. The van der Waals surface area contributed by atoms with Crippen LogP contribution in [0.4, 0.5) is 18.0 Å². The molecule has 1 fully saturated rings. The van der Waals surface area contributed by atoms with Gasteiger partial charge in [0.2, 0.25) is 0 Å². The van der Waals surface area contributed by atoms with E-state index in [0.29, 0.717) is 18.5 Å². The molecule has 2 aromatic rings. The van der Waals surface area contributed by atoms with Gasteiger partial charge in [-0.3, -0.25) is 9.69 Å². The molecule has 29 heavy (non-hydrogen) atoms. The summed E-state index contributed by atoms with van der Waals surface area (Å²) >= 11 is 0. The number of hydrogen-bond donors (Lipinski definition) is 1. The Bertz CT molecular complexity index is 888. The van der Waals surface area contributed by atoms with E-state index < -0.39 is 23.3 Å². The molecule has 1 N–H and O–H groups in total. The number of imide groups is 1. The van der Waals surface area contributed by atoms with Crippen molar-refractivity contribution in [3.63, 3.8) is 0 Å². The zero-order chi connectivity index (χ0) is 21.2. The normalized spacial score (nSPS) is 16.4. The number of rotatable bonds is 7. The number of nitrogens with one attached hydrogen (secondary N) is 1. The summed E-state index contributed by atoms with van der Waals surface area (Å²) in [6.45, 7) is 3.68. The van der Waals surface area contributed by atoms with Crippen molar-refractivity contribution in [1.82, 2.24) is 30.4 Å². The summed E-state index contributed by atoms with van der Waals surface area (Å²) in [6, 6.07) is 3.77. The van der Waals surface area contributed by atoms with Crippen LogP contribution in [0.25, 0.3) is 5.69 Å². The first-order chi connectivity index (χ1) is 13.7. The molecule has 8 nitrogen and oxygen atoms in total. The molecule has 1 aromatic carbocycles. The number of benzene rings is 1. The lowest BCUT2D eigenvalue weighted by Crippen LogP contribution is -2.46. The van der Waals surface area contributed by atoms with E-state index in [0.717, 1.165) is 29.9 Å². The lowest BCUT2D eigenvalue weighted by atomic mass is 9.88. The van der Waals surface area contributed by atoms with E-state index in [1.165, 1.54) is 16.8 Å². The highest BCUT2D eigenvalue weighted by Gasteiger charge is 2.50. The molecule has 11 heteroatoms. The Morgan fingerprint density at radius 1 is 1.07 bits per heavy atom. The molecule has 0 radical (unpaired) electrons. The largest absolute Gasteiger partial charge is 0.416 e. The fourth-order valence-electron chi connectivity index (χ4n) is 3.58. The highest BCUT2D eigenvalue weighted by atomic mass is 19.4. The van der Waals surface area contributed by atoms with Crippen molar-refractivity contribution in [2.24, 2.45) is 0 Å². The van der Waals surface area contributed by atoms with Crippen molar-refractivity contribution in [3.8, 4) is 5.69 Å². The third-order valence-electron chi connectivity index (χ3n) is 4.87. The van der Waals surface area contributed by atoms with Gasteiger partial charge in [0.1, 0.15) is 5.54 Å². The Hall–Kier alpha value is -2.98. The van der Waals surface area contributed by atoms with E-state index in [9.17, 15) is 22.8 Å². The second-order valence-corrected chi connectivity index (χ2v) is 6.96. The SMILES string of the molecule is CCCC1(CCC)NC(=O)N(Cc2nnnn2-c2ccc(C(F)(F)F)cc2)C1=O. The van der Waals surface area contributed by atoms with E-state index in [2.05, 4.69) is 20.8 Å². The molecule has 3 rings (SSSR count). The van der Waals surface area contributed by atoms with Crippen molar-refractivity contribution in [2.45, 2.75) is 57.8 Å². The highest BCUT2D eigenvalue weighted by Crippen LogP contribution is 2.31. The van der Waals surface area contributed by atoms with Gasteiger partial charge in [-0.2, -0.15) is 17.9 Å². The van der Waals surface area contributed by atoms with Gasteiger partial charge < -0.3 is 5.32 Å². The third kappa shape index (κ3) is 3.94. The number of hydrogen-bond acceptors (Lipinski definition) is 5. The topological polar surface area (TPSA) is 93.0 Å². The predicted molar refractivity (Wildman–Crippen MR) is 95.8 cm³/mol. The highest BCUT2D eigenvalue weighted by molar-refractivity contribution is 6.06. The lowest BCUT2D eigenvalue weighted by Gasteiger charge is -2.25. The van der Waals surface area contributed by atoms with Crippen molar-refractivity contribution in [1.29, 1.82) is 0 Å². The summed E-state index contributed by atoms with van der Waals surface area (Å²) in [7, 11) is 0. The van der Waals surface area contributed by atoms with Crippen LogP contribution in [0.2, 0.25) is 0 Å². The molecule has 1 aliphatic rings. The summed E-state index contributed by atoms with van der Waals surface area (Å²) < 4.78 is 39.5. The second-order valence-electron chi connectivity index (χ2n) is 6.96. The zero-order valence-corrected chi connectivity index (χ0v) is 16.0. The molecule has 0 bridgehead atoms. The Labute approximate surface area is 165 Å². The van der Waals surface area contributed by atoms with Crippen molar-refractivity contribution < 1.29 is 22.8 Å². The van der Waals surface area contributed by atoms with E-state index >= 15 is 0 Å². The minimum absolute atomic E-state index is 0.164. The molecule has 0 spiro atoms. The van der Waals surface area contributed by atoms with Gasteiger partial charge in [0.05, 0.1) is 17.8 Å². The molecule has 156 valence electrons. The molecule has 3 amide bonds. The minimum Gasteiger partial charge on any atom is -0.323 e. The lowest BCUT2D eigenvalue weighted by molar-refractivity contribution is -0.137.